The van der Waals surface area contributed by atoms with Gasteiger partial charge in [0.25, 0.3) is 5.91 Å². The quantitative estimate of drug-likeness (QED) is 0.301. The zero-order valence-corrected chi connectivity index (χ0v) is 22.5. The number of fused-ring (bicyclic) bond motifs is 1. The van der Waals surface area contributed by atoms with E-state index in [-0.39, 0.29) is 54.7 Å². The molecule has 0 bridgehead atoms. The van der Waals surface area contributed by atoms with E-state index in [2.05, 4.69) is 26.2 Å². The van der Waals surface area contributed by atoms with Gasteiger partial charge in [0.15, 0.2) is 28.7 Å². The summed E-state index contributed by atoms with van der Waals surface area (Å²) in [4.78, 5) is 48.5. The van der Waals surface area contributed by atoms with Crippen molar-refractivity contribution in [2.75, 3.05) is 11.9 Å². The maximum atomic E-state index is 14.4. The highest BCUT2D eigenvalue weighted by atomic mass is 19.1. The Kier molecular flexibility index (Phi) is 7.15. The molecule has 12 nitrogen and oxygen atoms in total. The van der Waals surface area contributed by atoms with E-state index in [0.29, 0.717) is 5.41 Å². The number of aliphatic hydroxyl groups excluding tert-OH is 1. The monoisotopic (exact) mass is 569 g/mol. The lowest BCUT2D eigenvalue weighted by atomic mass is 9.69. The van der Waals surface area contributed by atoms with Gasteiger partial charge in [-0.3, -0.25) is 19.0 Å². The number of nitrogens with one attached hydrogen (secondary N) is 1. The molecule has 2 aromatic rings. The normalized spacial score (nSPS) is 29.5. The molecule has 41 heavy (non-hydrogen) atoms. The Morgan fingerprint density at radius 1 is 1.22 bits per heavy atom. The third-order valence-electron chi connectivity index (χ3n) is 9.15. The lowest BCUT2D eigenvalue weighted by molar-refractivity contribution is -0.162. The summed E-state index contributed by atoms with van der Waals surface area (Å²) < 4.78 is 32.4. The first-order valence-electron chi connectivity index (χ1n) is 14.1. The average Bonchev–Trinajstić information content (AvgIpc) is 3.75. The smallest absolute Gasteiger partial charge is 0.312 e. The van der Waals surface area contributed by atoms with Crippen LogP contribution < -0.4 is 5.32 Å². The van der Waals surface area contributed by atoms with Crippen LogP contribution in [0, 0.1) is 29.8 Å². The fraction of sp³-hybridized carbons (Fsp3) is 0.643. The van der Waals surface area contributed by atoms with Gasteiger partial charge in [0.05, 0.1) is 12.2 Å². The number of halogens is 1. The van der Waals surface area contributed by atoms with Gasteiger partial charge in [0, 0.05) is 19.3 Å². The van der Waals surface area contributed by atoms with E-state index in [0.717, 1.165) is 25.7 Å². The number of cyclic esters (lactones) is 1. The van der Waals surface area contributed by atoms with E-state index in [1.807, 2.05) is 0 Å². The minimum atomic E-state index is -1.62. The third-order valence-corrected chi connectivity index (χ3v) is 9.15. The van der Waals surface area contributed by atoms with Crippen molar-refractivity contribution >= 4 is 34.8 Å². The second-order valence-corrected chi connectivity index (χ2v) is 11.6. The van der Waals surface area contributed by atoms with Gasteiger partial charge < -0.3 is 24.6 Å². The van der Waals surface area contributed by atoms with E-state index in [1.165, 1.54) is 36.6 Å². The lowest BCUT2D eigenvalue weighted by Crippen LogP contribution is -2.44. The zero-order chi connectivity index (χ0) is 28.8. The van der Waals surface area contributed by atoms with Crippen molar-refractivity contribution in [2.45, 2.75) is 94.7 Å². The van der Waals surface area contributed by atoms with Gasteiger partial charge in [-0.1, -0.05) is 18.8 Å². The lowest BCUT2D eigenvalue weighted by Gasteiger charge is -2.36. The largest absolute Gasteiger partial charge is 0.461 e. The Bertz CT molecular complexity index is 1410. The van der Waals surface area contributed by atoms with Gasteiger partial charge >= 0.3 is 18.0 Å². The molecule has 2 saturated carbocycles. The first-order valence-corrected chi connectivity index (χ1v) is 14.1. The maximum absolute atomic E-state index is 14.4. The number of esters is 2. The molecule has 2 saturated heterocycles. The number of nitrogens with zero attached hydrogens (tertiary/aromatic N) is 4. The predicted octanol–water partition coefficient (Wildman–Crippen LogP) is 2.56. The maximum Gasteiger partial charge on any atom is 0.312 e. The number of carbonyl (C=O) groups is 3. The standard InChI is InChI=1S/C28H32FN5O7/c1-2-28(14-39-25(38)16-7-11-27(12-8-16)9-3-4-10-27)18(35)13-19(41-28)34-15-30-21-22(32-26(29)33-23(21)34)31-24(37)17-5-6-20(36)40-17/h1,15-19,35H,3-14H2,(H,31,32,33,37)/t17-,18+,19-,28-/m1/s1. The topological polar surface area (TPSA) is 155 Å². The molecular formula is C28H32FN5O7. The number of rotatable bonds is 6. The van der Waals surface area contributed by atoms with Gasteiger partial charge in [-0.15, -0.1) is 6.42 Å². The molecule has 0 aromatic carbocycles. The predicted molar refractivity (Wildman–Crippen MR) is 139 cm³/mol. The number of terminal acetylenes is 1. The summed E-state index contributed by atoms with van der Waals surface area (Å²) in [6.07, 6.45) is 11.7. The SMILES string of the molecule is C#C[C@]1(COC(=O)C2CCC3(CCCC3)CC2)O[C@@H](n2cnc3c(NC(=O)[C@H]4CCC(=O)O4)nc(F)nc32)C[C@@H]1O. The zero-order valence-electron chi connectivity index (χ0n) is 22.5. The van der Waals surface area contributed by atoms with Crippen molar-refractivity contribution in [3.8, 4) is 12.3 Å². The number of anilines is 1. The van der Waals surface area contributed by atoms with Crippen molar-refractivity contribution in [1.29, 1.82) is 0 Å². The average molecular weight is 570 g/mol. The Labute approximate surface area is 235 Å². The highest BCUT2D eigenvalue weighted by Gasteiger charge is 2.50. The molecule has 2 aliphatic heterocycles. The first-order chi connectivity index (χ1) is 19.7. The molecule has 2 aromatic heterocycles. The van der Waals surface area contributed by atoms with E-state index in [9.17, 15) is 23.9 Å². The molecule has 218 valence electrons. The molecule has 0 radical (unpaired) electrons. The number of hydrogen-bond acceptors (Lipinski definition) is 10. The highest BCUT2D eigenvalue weighted by Crippen LogP contribution is 2.50. The van der Waals surface area contributed by atoms with E-state index < -0.39 is 42.0 Å². The molecular weight excluding hydrogens is 537 g/mol. The van der Waals surface area contributed by atoms with E-state index in [1.54, 1.807) is 0 Å². The third kappa shape index (κ3) is 5.15. The summed E-state index contributed by atoms with van der Waals surface area (Å²) in [5, 5.41) is 13.4. The van der Waals surface area contributed by atoms with Crippen molar-refractivity contribution in [3.63, 3.8) is 0 Å². The number of amides is 1. The van der Waals surface area contributed by atoms with Crippen LogP contribution in [0.3, 0.4) is 0 Å². The minimum absolute atomic E-state index is 0.00943. The second kappa shape index (κ2) is 10.6. The van der Waals surface area contributed by atoms with Crippen LogP contribution in [0.4, 0.5) is 10.2 Å². The molecule has 4 atom stereocenters. The summed E-state index contributed by atoms with van der Waals surface area (Å²) in [6, 6.07) is 0. The van der Waals surface area contributed by atoms with Gasteiger partial charge in [-0.2, -0.15) is 14.4 Å². The number of hydrogen-bond donors (Lipinski definition) is 2. The molecule has 13 heteroatoms. The van der Waals surface area contributed by atoms with Crippen LogP contribution in [0.5, 0.6) is 0 Å². The van der Waals surface area contributed by atoms with Crippen LogP contribution >= 0.6 is 0 Å². The Morgan fingerprint density at radius 3 is 2.66 bits per heavy atom. The van der Waals surface area contributed by atoms with Crippen molar-refractivity contribution < 1.29 is 38.1 Å². The van der Waals surface area contributed by atoms with Gasteiger partial charge in [0.1, 0.15) is 18.9 Å². The van der Waals surface area contributed by atoms with Crippen molar-refractivity contribution in [2.24, 2.45) is 11.3 Å². The van der Waals surface area contributed by atoms with Crippen LogP contribution in [0.15, 0.2) is 6.33 Å². The molecule has 4 fully saturated rings. The van der Waals surface area contributed by atoms with Crippen molar-refractivity contribution in [3.05, 3.63) is 12.4 Å². The Morgan fingerprint density at radius 2 is 1.98 bits per heavy atom. The van der Waals surface area contributed by atoms with Crippen molar-refractivity contribution in [1.82, 2.24) is 19.5 Å². The summed E-state index contributed by atoms with van der Waals surface area (Å²) in [6.45, 7) is -0.334. The Hall–Kier alpha value is -3.63. The van der Waals surface area contributed by atoms with Crippen LogP contribution in [0.2, 0.25) is 0 Å². The van der Waals surface area contributed by atoms with E-state index >= 15 is 0 Å². The number of aromatic nitrogens is 4. The molecule has 6 rings (SSSR count). The molecule has 4 aliphatic rings. The fourth-order valence-electron chi connectivity index (χ4n) is 6.71. The van der Waals surface area contributed by atoms with Gasteiger partial charge in [-0.05, 0) is 43.9 Å². The summed E-state index contributed by atoms with van der Waals surface area (Å²) in [5.41, 5.74) is -1.18. The fourth-order valence-corrected chi connectivity index (χ4v) is 6.71. The van der Waals surface area contributed by atoms with Crippen LogP contribution in [0.25, 0.3) is 11.2 Å². The minimum Gasteiger partial charge on any atom is -0.461 e. The molecule has 2 N–H and O–H groups in total. The van der Waals surface area contributed by atoms with Gasteiger partial charge in [0.2, 0.25) is 0 Å². The number of imidazole rings is 1. The second-order valence-electron chi connectivity index (χ2n) is 11.6. The molecule has 1 spiro atoms. The molecule has 1 amide bonds. The highest BCUT2D eigenvalue weighted by molar-refractivity contribution is 6.00. The van der Waals surface area contributed by atoms with Crippen LogP contribution in [0.1, 0.15) is 76.9 Å². The van der Waals surface area contributed by atoms with E-state index in [4.69, 9.17) is 20.6 Å². The first kappa shape index (κ1) is 27.5. The molecule has 2 aliphatic carbocycles. The number of ether oxygens (including phenoxy) is 3. The van der Waals surface area contributed by atoms with Gasteiger partial charge in [-0.25, -0.2) is 4.98 Å². The Balaban J connectivity index is 1.14. The summed E-state index contributed by atoms with van der Waals surface area (Å²) in [7, 11) is 0. The van der Waals surface area contributed by atoms with Crippen LogP contribution in [-0.4, -0.2) is 66.9 Å². The molecule has 4 heterocycles. The summed E-state index contributed by atoms with van der Waals surface area (Å²) >= 11 is 0. The number of carbonyl (C=O) groups excluding carboxylic acids is 3. The molecule has 0 unspecified atom stereocenters. The van der Waals surface area contributed by atoms with Crippen LogP contribution in [-0.2, 0) is 28.6 Å². The summed E-state index contributed by atoms with van der Waals surface area (Å²) in [5.74, 6) is 0.544. The number of aliphatic hydroxyl groups is 1.